The SMILES string of the molecule is O=C(Nc1cccc(Cl)c1Cl)N1CCCC1c1nc(-c2ccccc2)no1. The van der Waals surface area contributed by atoms with Crippen LogP contribution in [0.2, 0.25) is 10.0 Å². The molecule has 0 bridgehead atoms. The highest BCUT2D eigenvalue weighted by atomic mass is 35.5. The molecule has 1 N–H and O–H groups in total. The number of carbonyl (C=O) groups excluding carboxylic acids is 1. The van der Waals surface area contributed by atoms with Crippen LogP contribution in [0.1, 0.15) is 24.8 Å². The lowest BCUT2D eigenvalue weighted by Crippen LogP contribution is -2.34. The summed E-state index contributed by atoms with van der Waals surface area (Å²) in [6.07, 6.45) is 1.61. The largest absolute Gasteiger partial charge is 0.337 e. The van der Waals surface area contributed by atoms with E-state index in [0.29, 0.717) is 34.0 Å². The van der Waals surface area contributed by atoms with Crippen molar-refractivity contribution in [1.29, 1.82) is 0 Å². The maximum atomic E-state index is 12.8. The van der Waals surface area contributed by atoms with Gasteiger partial charge in [-0.15, -0.1) is 0 Å². The molecule has 0 saturated carbocycles. The fourth-order valence-corrected chi connectivity index (χ4v) is 3.48. The van der Waals surface area contributed by atoms with Gasteiger partial charge in [0.2, 0.25) is 11.7 Å². The van der Waals surface area contributed by atoms with Crippen LogP contribution in [0, 0.1) is 0 Å². The molecule has 6 nitrogen and oxygen atoms in total. The number of amides is 2. The highest BCUT2D eigenvalue weighted by molar-refractivity contribution is 6.43. The standard InChI is InChI=1S/C19H16Cl2N4O2/c20-13-8-4-9-14(16(13)21)22-19(26)25-11-5-10-15(25)18-23-17(24-27-18)12-6-2-1-3-7-12/h1-4,6-9,15H,5,10-11H2,(H,22,26). The fourth-order valence-electron chi connectivity index (χ4n) is 3.13. The molecule has 0 spiro atoms. The van der Waals surface area contributed by atoms with E-state index < -0.39 is 0 Å². The predicted molar refractivity (Wildman–Crippen MR) is 104 cm³/mol. The minimum Gasteiger partial charge on any atom is -0.337 e. The van der Waals surface area contributed by atoms with Gasteiger partial charge in [0.05, 0.1) is 15.7 Å². The summed E-state index contributed by atoms with van der Waals surface area (Å²) in [6.45, 7) is 0.595. The van der Waals surface area contributed by atoms with Crippen LogP contribution >= 0.6 is 23.2 Å². The van der Waals surface area contributed by atoms with E-state index in [9.17, 15) is 4.79 Å². The average Bonchev–Trinajstić information content (AvgIpc) is 3.35. The molecule has 0 aliphatic carbocycles. The quantitative estimate of drug-likeness (QED) is 0.635. The summed E-state index contributed by atoms with van der Waals surface area (Å²) in [5.41, 5.74) is 1.34. The zero-order valence-corrected chi connectivity index (χ0v) is 15.7. The van der Waals surface area contributed by atoms with Crippen LogP contribution in [-0.2, 0) is 0 Å². The van der Waals surface area contributed by atoms with Crippen molar-refractivity contribution in [3.05, 3.63) is 64.5 Å². The summed E-state index contributed by atoms with van der Waals surface area (Å²) in [5, 5.41) is 7.56. The maximum Gasteiger partial charge on any atom is 0.322 e. The van der Waals surface area contributed by atoms with Gasteiger partial charge in [0.1, 0.15) is 6.04 Å². The number of anilines is 1. The first-order valence-corrected chi connectivity index (χ1v) is 9.30. The van der Waals surface area contributed by atoms with Crippen LogP contribution in [0.5, 0.6) is 0 Å². The Balaban J connectivity index is 1.53. The van der Waals surface area contributed by atoms with Gasteiger partial charge >= 0.3 is 6.03 Å². The van der Waals surface area contributed by atoms with E-state index >= 15 is 0 Å². The molecule has 2 aromatic carbocycles. The summed E-state index contributed by atoms with van der Waals surface area (Å²) >= 11 is 12.2. The molecular weight excluding hydrogens is 387 g/mol. The molecule has 0 radical (unpaired) electrons. The molecule has 1 unspecified atom stereocenters. The predicted octanol–water partition coefficient (Wildman–Crippen LogP) is 5.41. The smallest absolute Gasteiger partial charge is 0.322 e. The fraction of sp³-hybridized carbons (Fsp3) is 0.211. The molecule has 8 heteroatoms. The molecule has 27 heavy (non-hydrogen) atoms. The van der Waals surface area contributed by atoms with Crippen molar-refractivity contribution in [2.75, 3.05) is 11.9 Å². The summed E-state index contributed by atoms with van der Waals surface area (Å²) in [5.74, 6) is 0.939. The first kappa shape index (κ1) is 17.8. The van der Waals surface area contributed by atoms with E-state index in [1.54, 1.807) is 23.1 Å². The van der Waals surface area contributed by atoms with Crippen LogP contribution in [0.4, 0.5) is 10.5 Å². The topological polar surface area (TPSA) is 71.3 Å². The van der Waals surface area contributed by atoms with Gasteiger partial charge in [0.15, 0.2) is 0 Å². The Morgan fingerprint density at radius 3 is 2.78 bits per heavy atom. The molecule has 3 aromatic rings. The number of urea groups is 1. The summed E-state index contributed by atoms with van der Waals surface area (Å²) < 4.78 is 5.45. The molecule has 1 aromatic heterocycles. The number of nitrogens with zero attached hydrogens (tertiary/aromatic N) is 3. The number of hydrogen-bond donors (Lipinski definition) is 1. The Kier molecular flexibility index (Phi) is 5.01. The number of benzene rings is 2. The van der Waals surface area contributed by atoms with Crippen molar-refractivity contribution in [2.45, 2.75) is 18.9 Å². The van der Waals surface area contributed by atoms with Crippen molar-refractivity contribution >= 4 is 34.9 Å². The highest BCUT2D eigenvalue weighted by Gasteiger charge is 2.34. The van der Waals surface area contributed by atoms with Gasteiger partial charge in [-0.2, -0.15) is 4.98 Å². The first-order chi connectivity index (χ1) is 13.1. The molecule has 1 atom stereocenters. The number of carbonyl (C=O) groups is 1. The van der Waals surface area contributed by atoms with Gasteiger partial charge in [-0.1, -0.05) is 64.8 Å². The zero-order valence-electron chi connectivity index (χ0n) is 14.2. The van der Waals surface area contributed by atoms with Crippen molar-refractivity contribution in [3.63, 3.8) is 0 Å². The van der Waals surface area contributed by atoms with Gasteiger partial charge in [-0.25, -0.2) is 4.79 Å². The molecule has 1 aliphatic rings. The maximum absolute atomic E-state index is 12.8. The number of nitrogens with one attached hydrogen (secondary N) is 1. The van der Waals surface area contributed by atoms with Crippen molar-refractivity contribution in [3.8, 4) is 11.4 Å². The van der Waals surface area contributed by atoms with E-state index in [-0.39, 0.29) is 12.1 Å². The number of halogens is 2. The minimum atomic E-state index is -0.277. The summed E-state index contributed by atoms with van der Waals surface area (Å²) in [4.78, 5) is 18.9. The molecule has 138 valence electrons. The van der Waals surface area contributed by atoms with Crippen LogP contribution in [0.3, 0.4) is 0 Å². The molecule has 4 rings (SSSR count). The Labute approximate surface area is 166 Å². The van der Waals surface area contributed by atoms with E-state index in [2.05, 4.69) is 15.5 Å². The van der Waals surface area contributed by atoms with E-state index in [0.717, 1.165) is 18.4 Å². The number of rotatable bonds is 3. The van der Waals surface area contributed by atoms with Crippen LogP contribution < -0.4 is 5.32 Å². The molecule has 2 amide bonds. The second-order valence-corrected chi connectivity index (χ2v) is 6.99. The van der Waals surface area contributed by atoms with Gasteiger partial charge in [-0.3, -0.25) is 0 Å². The van der Waals surface area contributed by atoms with Gasteiger partial charge in [0, 0.05) is 12.1 Å². The average molecular weight is 403 g/mol. The Hall–Kier alpha value is -2.57. The molecule has 1 aliphatic heterocycles. The van der Waals surface area contributed by atoms with E-state index in [1.807, 2.05) is 30.3 Å². The lowest BCUT2D eigenvalue weighted by molar-refractivity contribution is 0.193. The normalized spacial score (nSPS) is 16.5. The lowest BCUT2D eigenvalue weighted by Gasteiger charge is -2.22. The third kappa shape index (κ3) is 3.63. The molecule has 2 heterocycles. The van der Waals surface area contributed by atoms with Gasteiger partial charge in [0.25, 0.3) is 0 Å². The Bertz CT molecular complexity index is 961. The highest BCUT2D eigenvalue weighted by Crippen LogP contribution is 2.34. The third-order valence-electron chi connectivity index (χ3n) is 4.47. The number of likely N-dealkylation sites (tertiary alicyclic amines) is 1. The van der Waals surface area contributed by atoms with Crippen LogP contribution in [0.15, 0.2) is 53.1 Å². The monoisotopic (exact) mass is 402 g/mol. The van der Waals surface area contributed by atoms with Gasteiger partial charge < -0.3 is 14.7 Å². The number of aromatic nitrogens is 2. The third-order valence-corrected chi connectivity index (χ3v) is 5.28. The first-order valence-electron chi connectivity index (χ1n) is 8.54. The second kappa shape index (κ2) is 7.58. The van der Waals surface area contributed by atoms with Crippen molar-refractivity contribution < 1.29 is 9.32 Å². The van der Waals surface area contributed by atoms with Gasteiger partial charge in [-0.05, 0) is 25.0 Å². The zero-order chi connectivity index (χ0) is 18.8. The van der Waals surface area contributed by atoms with E-state index in [4.69, 9.17) is 27.7 Å². The molecule has 1 saturated heterocycles. The summed E-state index contributed by atoms with van der Waals surface area (Å²) in [6, 6.07) is 14.1. The minimum absolute atomic E-state index is 0.270. The van der Waals surface area contributed by atoms with Crippen LogP contribution in [0.25, 0.3) is 11.4 Å². The van der Waals surface area contributed by atoms with Crippen LogP contribution in [-0.4, -0.2) is 27.6 Å². The Morgan fingerprint density at radius 1 is 1.15 bits per heavy atom. The van der Waals surface area contributed by atoms with Crippen molar-refractivity contribution in [2.24, 2.45) is 0 Å². The van der Waals surface area contributed by atoms with Crippen molar-refractivity contribution in [1.82, 2.24) is 15.0 Å². The number of hydrogen-bond acceptors (Lipinski definition) is 4. The molecular formula is C19H16Cl2N4O2. The second-order valence-electron chi connectivity index (χ2n) is 6.21. The van der Waals surface area contributed by atoms with E-state index in [1.165, 1.54) is 0 Å². The Morgan fingerprint density at radius 2 is 1.96 bits per heavy atom. The summed E-state index contributed by atoms with van der Waals surface area (Å²) in [7, 11) is 0. The molecule has 1 fully saturated rings. The lowest BCUT2D eigenvalue weighted by atomic mass is 10.2.